The minimum atomic E-state index is 0.578. The van der Waals surface area contributed by atoms with E-state index in [2.05, 4.69) is 38.5 Å². The largest absolute Gasteiger partial charge is 0.492 e. The number of halogens is 1. The standard InChI is InChI=1S/C20H32BrN3O3/c1-2-22-20(24-10-14-27-19-6-3-5-18(21)15-19)23-9-4-11-26-16-17-7-12-25-13-8-17/h3,5-6,15,17H,2,4,7-14,16H2,1H3,(H2,22,23,24). The van der Waals surface area contributed by atoms with Crippen LogP contribution in [0.4, 0.5) is 0 Å². The fraction of sp³-hybridized carbons (Fsp3) is 0.650. The Morgan fingerprint density at radius 3 is 2.89 bits per heavy atom. The van der Waals surface area contributed by atoms with Gasteiger partial charge >= 0.3 is 0 Å². The first kappa shape index (κ1) is 22.0. The van der Waals surface area contributed by atoms with Crippen molar-refractivity contribution in [2.24, 2.45) is 10.9 Å². The summed E-state index contributed by atoms with van der Waals surface area (Å²) in [6, 6.07) is 7.85. The maximum absolute atomic E-state index is 5.78. The normalized spacial score (nSPS) is 15.6. The Bertz CT molecular complexity index is 551. The highest BCUT2D eigenvalue weighted by Crippen LogP contribution is 2.17. The van der Waals surface area contributed by atoms with Gasteiger partial charge in [0.2, 0.25) is 0 Å². The summed E-state index contributed by atoms with van der Waals surface area (Å²) >= 11 is 3.44. The summed E-state index contributed by atoms with van der Waals surface area (Å²) in [6.07, 6.45) is 3.16. The summed E-state index contributed by atoms with van der Waals surface area (Å²) in [4.78, 5) is 4.59. The average molecular weight is 442 g/mol. The van der Waals surface area contributed by atoms with Crippen molar-refractivity contribution in [1.29, 1.82) is 0 Å². The van der Waals surface area contributed by atoms with Gasteiger partial charge in [-0.05, 0) is 50.3 Å². The molecule has 1 aliphatic rings. The van der Waals surface area contributed by atoms with Crippen LogP contribution in [0.15, 0.2) is 33.7 Å². The first-order chi connectivity index (χ1) is 13.3. The summed E-state index contributed by atoms with van der Waals surface area (Å²) in [5, 5.41) is 6.55. The Balaban J connectivity index is 1.56. The molecule has 1 aromatic carbocycles. The fourth-order valence-electron chi connectivity index (χ4n) is 2.76. The van der Waals surface area contributed by atoms with Gasteiger partial charge in [-0.15, -0.1) is 0 Å². The van der Waals surface area contributed by atoms with E-state index in [0.717, 1.165) is 75.0 Å². The van der Waals surface area contributed by atoms with Gasteiger partial charge < -0.3 is 24.8 Å². The smallest absolute Gasteiger partial charge is 0.191 e. The van der Waals surface area contributed by atoms with E-state index < -0.39 is 0 Å². The van der Waals surface area contributed by atoms with Crippen molar-refractivity contribution in [3.8, 4) is 5.75 Å². The Morgan fingerprint density at radius 1 is 1.26 bits per heavy atom. The number of ether oxygens (including phenoxy) is 3. The van der Waals surface area contributed by atoms with Crippen LogP contribution in [0.25, 0.3) is 0 Å². The molecule has 1 aliphatic heterocycles. The SMILES string of the molecule is CCNC(=NCCCOCC1CCOCC1)NCCOc1cccc(Br)c1. The number of guanidine groups is 1. The van der Waals surface area contributed by atoms with Gasteiger partial charge in [-0.2, -0.15) is 0 Å². The zero-order chi connectivity index (χ0) is 19.2. The summed E-state index contributed by atoms with van der Waals surface area (Å²) in [5.74, 6) is 2.33. The molecule has 0 bridgehead atoms. The van der Waals surface area contributed by atoms with Crippen LogP contribution in [-0.4, -0.2) is 58.6 Å². The van der Waals surface area contributed by atoms with Crippen LogP contribution in [0.3, 0.4) is 0 Å². The van der Waals surface area contributed by atoms with Crippen molar-refractivity contribution >= 4 is 21.9 Å². The molecule has 1 heterocycles. The van der Waals surface area contributed by atoms with E-state index in [-0.39, 0.29) is 0 Å². The van der Waals surface area contributed by atoms with E-state index in [4.69, 9.17) is 14.2 Å². The zero-order valence-electron chi connectivity index (χ0n) is 16.2. The number of hydrogen-bond donors (Lipinski definition) is 2. The van der Waals surface area contributed by atoms with Gasteiger partial charge in [-0.3, -0.25) is 4.99 Å². The molecular weight excluding hydrogens is 410 g/mol. The maximum Gasteiger partial charge on any atom is 0.191 e. The lowest BCUT2D eigenvalue weighted by Crippen LogP contribution is -2.39. The van der Waals surface area contributed by atoms with Crippen LogP contribution >= 0.6 is 15.9 Å². The molecule has 0 saturated carbocycles. The summed E-state index contributed by atoms with van der Waals surface area (Å²) in [7, 11) is 0. The van der Waals surface area contributed by atoms with E-state index in [1.165, 1.54) is 0 Å². The number of nitrogens with one attached hydrogen (secondary N) is 2. The lowest BCUT2D eigenvalue weighted by Gasteiger charge is -2.21. The van der Waals surface area contributed by atoms with Gasteiger partial charge in [-0.1, -0.05) is 22.0 Å². The van der Waals surface area contributed by atoms with Crippen molar-refractivity contribution in [2.75, 3.05) is 52.7 Å². The summed E-state index contributed by atoms with van der Waals surface area (Å²) in [5.41, 5.74) is 0. The quantitative estimate of drug-likeness (QED) is 0.313. The monoisotopic (exact) mass is 441 g/mol. The van der Waals surface area contributed by atoms with Crippen LogP contribution < -0.4 is 15.4 Å². The molecule has 1 aromatic rings. The van der Waals surface area contributed by atoms with E-state index in [0.29, 0.717) is 19.1 Å². The molecule has 2 N–H and O–H groups in total. The molecule has 0 unspecified atom stereocenters. The first-order valence-corrected chi connectivity index (χ1v) is 10.6. The third kappa shape index (κ3) is 9.98. The molecule has 27 heavy (non-hydrogen) atoms. The number of hydrogen-bond acceptors (Lipinski definition) is 4. The topological polar surface area (TPSA) is 64.1 Å². The average Bonchev–Trinajstić information content (AvgIpc) is 2.68. The predicted molar refractivity (Wildman–Crippen MR) is 113 cm³/mol. The highest BCUT2D eigenvalue weighted by molar-refractivity contribution is 9.10. The third-order valence-electron chi connectivity index (χ3n) is 4.21. The molecule has 0 radical (unpaired) electrons. The lowest BCUT2D eigenvalue weighted by atomic mass is 10.0. The van der Waals surface area contributed by atoms with E-state index in [1.54, 1.807) is 0 Å². The van der Waals surface area contributed by atoms with Gasteiger partial charge in [0, 0.05) is 44.0 Å². The molecule has 1 fully saturated rings. The van der Waals surface area contributed by atoms with Gasteiger partial charge in [-0.25, -0.2) is 0 Å². The molecule has 152 valence electrons. The first-order valence-electron chi connectivity index (χ1n) is 9.84. The Hall–Kier alpha value is -1.31. The van der Waals surface area contributed by atoms with Crippen molar-refractivity contribution in [2.45, 2.75) is 26.2 Å². The van der Waals surface area contributed by atoms with Gasteiger partial charge in [0.05, 0.1) is 6.54 Å². The van der Waals surface area contributed by atoms with Crippen LogP contribution in [0.2, 0.25) is 0 Å². The molecule has 0 amide bonds. The van der Waals surface area contributed by atoms with Crippen LogP contribution in [0.1, 0.15) is 26.2 Å². The summed E-state index contributed by atoms with van der Waals surface area (Å²) in [6.45, 7) is 8.27. The van der Waals surface area contributed by atoms with Gasteiger partial charge in [0.25, 0.3) is 0 Å². The molecule has 0 spiro atoms. The molecule has 2 rings (SSSR count). The fourth-order valence-corrected chi connectivity index (χ4v) is 3.14. The molecule has 0 aliphatic carbocycles. The number of nitrogens with zero attached hydrogens (tertiary/aromatic N) is 1. The van der Waals surface area contributed by atoms with Crippen LogP contribution in [-0.2, 0) is 9.47 Å². The molecule has 1 saturated heterocycles. The minimum absolute atomic E-state index is 0.578. The Labute approximate surface area is 171 Å². The number of rotatable bonds is 11. The Kier molecular flexibility index (Phi) is 11.2. The van der Waals surface area contributed by atoms with E-state index in [9.17, 15) is 0 Å². The second-order valence-electron chi connectivity index (χ2n) is 6.48. The van der Waals surface area contributed by atoms with Crippen molar-refractivity contribution in [3.63, 3.8) is 0 Å². The van der Waals surface area contributed by atoms with Crippen molar-refractivity contribution in [3.05, 3.63) is 28.7 Å². The van der Waals surface area contributed by atoms with Gasteiger partial charge in [0.15, 0.2) is 5.96 Å². The minimum Gasteiger partial charge on any atom is -0.492 e. The lowest BCUT2D eigenvalue weighted by molar-refractivity contribution is 0.0205. The molecule has 6 nitrogen and oxygen atoms in total. The summed E-state index contributed by atoms with van der Waals surface area (Å²) < 4.78 is 17.9. The van der Waals surface area contributed by atoms with Gasteiger partial charge in [0.1, 0.15) is 12.4 Å². The zero-order valence-corrected chi connectivity index (χ0v) is 17.8. The van der Waals surface area contributed by atoms with Crippen LogP contribution in [0.5, 0.6) is 5.75 Å². The third-order valence-corrected chi connectivity index (χ3v) is 4.71. The second-order valence-corrected chi connectivity index (χ2v) is 7.39. The van der Waals surface area contributed by atoms with Crippen LogP contribution in [0, 0.1) is 5.92 Å². The molecule has 0 aromatic heterocycles. The van der Waals surface area contributed by atoms with Crippen molar-refractivity contribution < 1.29 is 14.2 Å². The number of benzene rings is 1. The van der Waals surface area contributed by atoms with E-state index in [1.807, 2.05) is 24.3 Å². The second kappa shape index (κ2) is 13.8. The maximum atomic E-state index is 5.78. The predicted octanol–water partition coefficient (Wildman–Crippen LogP) is 3.22. The molecule has 7 heteroatoms. The Morgan fingerprint density at radius 2 is 2.11 bits per heavy atom. The van der Waals surface area contributed by atoms with E-state index >= 15 is 0 Å². The van der Waals surface area contributed by atoms with Crippen molar-refractivity contribution in [1.82, 2.24) is 10.6 Å². The highest BCUT2D eigenvalue weighted by atomic mass is 79.9. The number of aliphatic imine (C=N–C) groups is 1. The highest BCUT2D eigenvalue weighted by Gasteiger charge is 2.13. The molecule has 0 atom stereocenters. The molecular formula is C20H32BrN3O3.